The molecule has 0 saturated heterocycles. The number of hydrogen-bond donors (Lipinski definition) is 2. The molecule has 0 unspecified atom stereocenters. The van der Waals surface area contributed by atoms with Crippen LogP contribution in [0.3, 0.4) is 0 Å². The van der Waals surface area contributed by atoms with Gasteiger partial charge in [0.25, 0.3) is 0 Å². The van der Waals surface area contributed by atoms with Crippen LogP contribution in [0.2, 0.25) is 5.02 Å². The Labute approximate surface area is 103 Å². The van der Waals surface area contributed by atoms with Crippen LogP contribution in [0.5, 0.6) is 0 Å². The lowest BCUT2D eigenvalue weighted by Crippen LogP contribution is -2.36. The highest BCUT2D eigenvalue weighted by atomic mass is 35.5. The molecule has 0 aliphatic rings. The Morgan fingerprint density at radius 2 is 1.75 bits per heavy atom. The third kappa shape index (κ3) is 2.82. The van der Waals surface area contributed by atoms with Crippen molar-refractivity contribution in [2.24, 2.45) is 0 Å². The first-order chi connectivity index (χ1) is 7.56. The van der Waals surface area contributed by atoms with E-state index >= 15 is 0 Å². The lowest BCUT2D eigenvalue weighted by Gasteiger charge is -2.33. The van der Waals surface area contributed by atoms with Crippen molar-refractivity contribution in [2.45, 2.75) is 45.6 Å². The first-order valence-corrected chi connectivity index (χ1v) is 6.28. The fourth-order valence-corrected chi connectivity index (χ4v) is 2.11. The predicted molar refractivity (Wildman–Crippen MR) is 73.1 cm³/mol. The molecule has 0 aliphatic heterocycles. The van der Waals surface area contributed by atoms with Gasteiger partial charge in [0.2, 0.25) is 0 Å². The first-order valence-electron chi connectivity index (χ1n) is 5.90. The molecule has 90 valence electrons. The molecule has 0 atom stereocenters. The molecule has 0 aliphatic carbocycles. The van der Waals surface area contributed by atoms with E-state index in [1.807, 2.05) is 18.2 Å². The second kappa shape index (κ2) is 5.44. The third-order valence-corrected chi connectivity index (χ3v) is 3.68. The second-order valence-electron chi connectivity index (χ2n) is 4.20. The smallest absolute Gasteiger partial charge is 0.0593 e. The standard InChI is InChI=1S/C13H21ClN2/c1-4-13(5-2,6-3)16-12-9-10(14)7-8-11(12)15/h7-9,16H,4-6,15H2,1-3H3. The highest BCUT2D eigenvalue weighted by Crippen LogP contribution is 2.30. The van der Waals surface area contributed by atoms with E-state index in [2.05, 4.69) is 26.1 Å². The van der Waals surface area contributed by atoms with Gasteiger partial charge in [-0.05, 0) is 37.5 Å². The Morgan fingerprint density at radius 1 is 1.19 bits per heavy atom. The van der Waals surface area contributed by atoms with Gasteiger partial charge in [0.05, 0.1) is 11.4 Å². The van der Waals surface area contributed by atoms with Crippen LogP contribution in [0.1, 0.15) is 40.0 Å². The minimum Gasteiger partial charge on any atom is -0.397 e. The largest absolute Gasteiger partial charge is 0.397 e. The Morgan fingerprint density at radius 3 is 2.25 bits per heavy atom. The summed E-state index contributed by atoms with van der Waals surface area (Å²) in [6.45, 7) is 6.59. The molecule has 0 amide bonds. The lowest BCUT2D eigenvalue weighted by atomic mass is 9.89. The zero-order chi connectivity index (χ0) is 12.2. The number of halogens is 1. The van der Waals surface area contributed by atoms with E-state index in [-0.39, 0.29) is 5.54 Å². The molecule has 1 aromatic carbocycles. The summed E-state index contributed by atoms with van der Waals surface area (Å²) >= 11 is 5.98. The van der Waals surface area contributed by atoms with Crippen molar-refractivity contribution >= 4 is 23.0 Å². The van der Waals surface area contributed by atoms with Crippen molar-refractivity contribution in [2.75, 3.05) is 11.1 Å². The van der Waals surface area contributed by atoms with Gasteiger partial charge in [-0.15, -0.1) is 0 Å². The molecular weight excluding hydrogens is 220 g/mol. The van der Waals surface area contributed by atoms with E-state index in [9.17, 15) is 0 Å². The predicted octanol–water partition coefficient (Wildman–Crippen LogP) is 4.30. The number of nitrogen functional groups attached to an aromatic ring is 1. The number of benzene rings is 1. The van der Waals surface area contributed by atoms with E-state index < -0.39 is 0 Å². The third-order valence-electron chi connectivity index (χ3n) is 3.45. The van der Waals surface area contributed by atoms with E-state index in [1.165, 1.54) is 0 Å². The topological polar surface area (TPSA) is 38.0 Å². The summed E-state index contributed by atoms with van der Waals surface area (Å²) in [5.74, 6) is 0. The molecule has 0 radical (unpaired) electrons. The van der Waals surface area contributed by atoms with Gasteiger partial charge in [0.1, 0.15) is 0 Å². The van der Waals surface area contributed by atoms with Crippen LogP contribution in [0.4, 0.5) is 11.4 Å². The summed E-state index contributed by atoms with van der Waals surface area (Å²) in [4.78, 5) is 0. The van der Waals surface area contributed by atoms with E-state index in [1.54, 1.807) is 0 Å². The summed E-state index contributed by atoms with van der Waals surface area (Å²) in [6, 6.07) is 5.55. The minimum atomic E-state index is 0.124. The number of nitrogens with one attached hydrogen (secondary N) is 1. The molecule has 0 fully saturated rings. The van der Waals surface area contributed by atoms with Gasteiger partial charge >= 0.3 is 0 Å². The highest BCUT2D eigenvalue weighted by Gasteiger charge is 2.23. The molecule has 0 aromatic heterocycles. The Balaban J connectivity index is 2.97. The van der Waals surface area contributed by atoms with E-state index in [0.29, 0.717) is 5.02 Å². The maximum Gasteiger partial charge on any atom is 0.0593 e. The SMILES string of the molecule is CCC(CC)(CC)Nc1cc(Cl)ccc1N. The summed E-state index contributed by atoms with van der Waals surface area (Å²) in [5, 5.41) is 4.26. The molecule has 2 nitrogen and oxygen atoms in total. The molecule has 3 N–H and O–H groups in total. The maximum atomic E-state index is 5.98. The summed E-state index contributed by atoms with van der Waals surface area (Å²) in [5.41, 5.74) is 7.76. The molecule has 16 heavy (non-hydrogen) atoms. The van der Waals surface area contributed by atoms with Crippen molar-refractivity contribution in [3.63, 3.8) is 0 Å². The molecule has 0 spiro atoms. The van der Waals surface area contributed by atoms with Gasteiger partial charge in [0, 0.05) is 10.6 Å². The zero-order valence-electron chi connectivity index (χ0n) is 10.3. The van der Waals surface area contributed by atoms with Gasteiger partial charge in [-0.3, -0.25) is 0 Å². The second-order valence-corrected chi connectivity index (χ2v) is 4.63. The summed E-state index contributed by atoms with van der Waals surface area (Å²) in [7, 11) is 0. The first kappa shape index (κ1) is 13.2. The van der Waals surface area contributed by atoms with Gasteiger partial charge in [-0.25, -0.2) is 0 Å². The van der Waals surface area contributed by atoms with Gasteiger partial charge in [0.15, 0.2) is 0 Å². The summed E-state index contributed by atoms with van der Waals surface area (Å²) in [6.07, 6.45) is 3.23. The van der Waals surface area contributed by atoms with E-state index in [4.69, 9.17) is 17.3 Å². The average Bonchev–Trinajstić information content (AvgIpc) is 2.31. The Bertz CT molecular complexity index is 338. The van der Waals surface area contributed by atoms with Gasteiger partial charge in [-0.2, -0.15) is 0 Å². The molecule has 1 rings (SSSR count). The van der Waals surface area contributed by atoms with E-state index in [0.717, 1.165) is 30.6 Å². The number of hydrogen-bond acceptors (Lipinski definition) is 2. The Kier molecular flexibility index (Phi) is 4.48. The Hall–Kier alpha value is -0.890. The van der Waals surface area contributed by atoms with Crippen molar-refractivity contribution in [3.05, 3.63) is 23.2 Å². The molecule has 3 heteroatoms. The van der Waals surface area contributed by atoms with Crippen molar-refractivity contribution in [1.29, 1.82) is 0 Å². The molecule has 1 aromatic rings. The number of anilines is 2. The molecule has 0 heterocycles. The fourth-order valence-electron chi connectivity index (χ4n) is 1.94. The van der Waals surface area contributed by atoms with Crippen molar-refractivity contribution in [3.8, 4) is 0 Å². The van der Waals surface area contributed by atoms with Crippen LogP contribution < -0.4 is 11.1 Å². The summed E-state index contributed by atoms with van der Waals surface area (Å²) < 4.78 is 0. The maximum absolute atomic E-state index is 5.98. The molecular formula is C13H21ClN2. The van der Waals surface area contributed by atoms with Crippen LogP contribution >= 0.6 is 11.6 Å². The zero-order valence-corrected chi connectivity index (χ0v) is 11.1. The van der Waals surface area contributed by atoms with Crippen molar-refractivity contribution in [1.82, 2.24) is 0 Å². The molecule has 0 bridgehead atoms. The minimum absolute atomic E-state index is 0.124. The van der Waals surface area contributed by atoms with Crippen molar-refractivity contribution < 1.29 is 0 Å². The average molecular weight is 241 g/mol. The highest BCUT2D eigenvalue weighted by molar-refractivity contribution is 6.31. The van der Waals surface area contributed by atoms with Gasteiger partial charge < -0.3 is 11.1 Å². The number of nitrogens with two attached hydrogens (primary N) is 1. The quantitative estimate of drug-likeness (QED) is 0.753. The van der Waals surface area contributed by atoms with Crippen LogP contribution in [0, 0.1) is 0 Å². The lowest BCUT2D eigenvalue weighted by molar-refractivity contribution is 0.420. The van der Waals surface area contributed by atoms with Crippen LogP contribution in [-0.2, 0) is 0 Å². The number of rotatable bonds is 5. The molecule has 0 saturated carbocycles. The van der Waals surface area contributed by atoms with Crippen LogP contribution in [0.15, 0.2) is 18.2 Å². The van der Waals surface area contributed by atoms with Gasteiger partial charge in [-0.1, -0.05) is 32.4 Å². The fraction of sp³-hybridized carbons (Fsp3) is 0.538. The normalized spacial score (nSPS) is 11.5. The van der Waals surface area contributed by atoms with Crippen LogP contribution in [0.25, 0.3) is 0 Å². The van der Waals surface area contributed by atoms with Crippen LogP contribution in [-0.4, -0.2) is 5.54 Å². The monoisotopic (exact) mass is 240 g/mol.